The average Bonchev–Trinajstić information content (AvgIpc) is 2.97. The predicted octanol–water partition coefficient (Wildman–Crippen LogP) is 1.51. The molecule has 1 aromatic rings. The Bertz CT molecular complexity index is 354. The van der Waals surface area contributed by atoms with Crippen LogP contribution >= 0.6 is 11.3 Å². The standard InChI is InChI=1S/C13H19NO2S/c15-12(6-10-3-5-17-9-10)13-7-14-4-1-2-11(14)8-16-13/h3,5,9,11-13,15H,1-2,4,6-8H2. The van der Waals surface area contributed by atoms with Gasteiger partial charge in [-0.25, -0.2) is 0 Å². The number of hydrogen-bond donors (Lipinski definition) is 1. The summed E-state index contributed by atoms with van der Waals surface area (Å²) < 4.78 is 5.81. The molecule has 1 N–H and O–H groups in total. The van der Waals surface area contributed by atoms with Gasteiger partial charge in [0.2, 0.25) is 0 Å². The normalized spacial score (nSPS) is 31.4. The van der Waals surface area contributed by atoms with Gasteiger partial charge >= 0.3 is 0 Å². The van der Waals surface area contributed by atoms with Crippen molar-refractivity contribution in [2.45, 2.75) is 37.5 Å². The molecule has 3 unspecified atom stereocenters. The zero-order chi connectivity index (χ0) is 11.7. The minimum absolute atomic E-state index is 0.00995. The Morgan fingerprint density at radius 3 is 3.35 bits per heavy atom. The molecule has 3 rings (SSSR count). The topological polar surface area (TPSA) is 32.7 Å². The van der Waals surface area contributed by atoms with Crippen LogP contribution in [0.2, 0.25) is 0 Å². The highest BCUT2D eigenvalue weighted by molar-refractivity contribution is 7.07. The highest BCUT2D eigenvalue weighted by Gasteiger charge is 2.35. The van der Waals surface area contributed by atoms with Crippen molar-refractivity contribution in [3.05, 3.63) is 22.4 Å². The molecule has 2 aliphatic heterocycles. The van der Waals surface area contributed by atoms with Crippen LogP contribution in [0.5, 0.6) is 0 Å². The maximum absolute atomic E-state index is 10.2. The molecule has 0 amide bonds. The number of aliphatic hydroxyl groups excluding tert-OH is 1. The largest absolute Gasteiger partial charge is 0.390 e. The van der Waals surface area contributed by atoms with Gasteiger partial charge in [0.1, 0.15) is 0 Å². The van der Waals surface area contributed by atoms with Gasteiger partial charge in [-0.15, -0.1) is 0 Å². The summed E-state index contributed by atoms with van der Waals surface area (Å²) in [6.45, 7) is 2.87. The van der Waals surface area contributed by atoms with Crippen molar-refractivity contribution in [3.8, 4) is 0 Å². The summed E-state index contributed by atoms with van der Waals surface area (Å²) in [5.41, 5.74) is 1.22. The van der Waals surface area contributed by atoms with Gasteiger partial charge in [-0.1, -0.05) is 0 Å². The van der Waals surface area contributed by atoms with Gasteiger partial charge in [-0.2, -0.15) is 11.3 Å². The molecule has 3 heterocycles. The van der Waals surface area contributed by atoms with Gasteiger partial charge in [0, 0.05) is 19.0 Å². The van der Waals surface area contributed by atoms with Crippen molar-refractivity contribution in [1.29, 1.82) is 0 Å². The zero-order valence-corrected chi connectivity index (χ0v) is 10.7. The molecule has 3 atom stereocenters. The highest BCUT2D eigenvalue weighted by Crippen LogP contribution is 2.24. The highest BCUT2D eigenvalue weighted by atomic mass is 32.1. The van der Waals surface area contributed by atoms with E-state index in [-0.39, 0.29) is 12.2 Å². The van der Waals surface area contributed by atoms with Gasteiger partial charge in [-0.05, 0) is 41.8 Å². The Morgan fingerprint density at radius 2 is 2.53 bits per heavy atom. The van der Waals surface area contributed by atoms with Crippen LogP contribution in [0.15, 0.2) is 16.8 Å². The predicted molar refractivity (Wildman–Crippen MR) is 68.4 cm³/mol. The molecule has 1 aromatic heterocycles. The molecule has 2 saturated heterocycles. The van der Waals surface area contributed by atoms with Gasteiger partial charge in [0.15, 0.2) is 0 Å². The Kier molecular flexibility index (Phi) is 3.47. The first-order chi connectivity index (χ1) is 8.33. The van der Waals surface area contributed by atoms with Crippen molar-refractivity contribution >= 4 is 11.3 Å². The molecule has 3 nitrogen and oxygen atoms in total. The molecule has 0 aliphatic carbocycles. The van der Waals surface area contributed by atoms with Crippen LogP contribution in [0, 0.1) is 0 Å². The number of fused-ring (bicyclic) bond motifs is 1. The summed E-state index contributed by atoms with van der Waals surface area (Å²) in [6.07, 6.45) is 2.87. The lowest BCUT2D eigenvalue weighted by Crippen LogP contribution is -2.50. The summed E-state index contributed by atoms with van der Waals surface area (Å²) >= 11 is 1.68. The van der Waals surface area contributed by atoms with E-state index in [9.17, 15) is 5.11 Å². The Balaban J connectivity index is 1.57. The second-order valence-electron chi connectivity index (χ2n) is 5.07. The van der Waals surface area contributed by atoms with Crippen LogP contribution in [0.1, 0.15) is 18.4 Å². The monoisotopic (exact) mass is 253 g/mol. The van der Waals surface area contributed by atoms with E-state index in [4.69, 9.17) is 4.74 Å². The van der Waals surface area contributed by atoms with Crippen LogP contribution in [0.3, 0.4) is 0 Å². The molecule has 4 heteroatoms. The molecule has 17 heavy (non-hydrogen) atoms. The maximum Gasteiger partial charge on any atom is 0.0964 e. The lowest BCUT2D eigenvalue weighted by molar-refractivity contribution is -0.101. The third-order valence-electron chi connectivity index (χ3n) is 3.87. The summed E-state index contributed by atoms with van der Waals surface area (Å²) in [6, 6.07) is 2.69. The van der Waals surface area contributed by atoms with E-state index in [1.807, 2.05) is 0 Å². The van der Waals surface area contributed by atoms with Gasteiger partial charge < -0.3 is 9.84 Å². The van der Waals surface area contributed by atoms with Crippen molar-refractivity contribution in [3.63, 3.8) is 0 Å². The SMILES string of the molecule is OC(Cc1ccsc1)C1CN2CCCC2CO1. The van der Waals surface area contributed by atoms with E-state index in [1.165, 1.54) is 24.9 Å². The second-order valence-corrected chi connectivity index (χ2v) is 5.85. The van der Waals surface area contributed by atoms with E-state index in [0.29, 0.717) is 12.5 Å². The molecule has 0 spiro atoms. The molecule has 0 radical (unpaired) electrons. The molecular formula is C13H19NO2S. The molecule has 2 aliphatic rings. The molecule has 0 saturated carbocycles. The van der Waals surface area contributed by atoms with Crippen molar-refractivity contribution < 1.29 is 9.84 Å². The van der Waals surface area contributed by atoms with Gasteiger partial charge in [-0.3, -0.25) is 4.90 Å². The first-order valence-electron chi connectivity index (χ1n) is 6.38. The minimum atomic E-state index is -0.369. The van der Waals surface area contributed by atoms with Crippen LogP contribution in [-0.2, 0) is 11.2 Å². The summed E-state index contributed by atoms with van der Waals surface area (Å²) in [5, 5.41) is 14.4. The summed E-state index contributed by atoms with van der Waals surface area (Å²) in [5.74, 6) is 0. The number of hydrogen-bond acceptors (Lipinski definition) is 4. The van der Waals surface area contributed by atoms with Crippen molar-refractivity contribution in [2.24, 2.45) is 0 Å². The Labute approximate surface area is 106 Å². The third kappa shape index (κ3) is 2.55. The third-order valence-corrected chi connectivity index (χ3v) is 4.60. The number of thiophene rings is 1. The van der Waals surface area contributed by atoms with Crippen LogP contribution in [0.25, 0.3) is 0 Å². The number of aliphatic hydroxyl groups is 1. The maximum atomic E-state index is 10.2. The number of morpholine rings is 1. The number of nitrogens with zero attached hydrogens (tertiary/aromatic N) is 1. The lowest BCUT2D eigenvalue weighted by Gasteiger charge is -2.37. The fourth-order valence-corrected chi connectivity index (χ4v) is 3.54. The number of ether oxygens (including phenoxy) is 1. The van der Waals surface area contributed by atoms with E-state index in [0.717, 1.165) is 13.2 Å². The first kappa shape index (κ1) is 11.7. The summed E-state index contributed by atoms with van der Waals surface area (Å²) in [7, 11) is 0. The second kappa shape index (κ2) is 5.06. The van der Waals surface area contributed by atoms with E-state index in [1.54, 1.807) is 11.3 Å². The summed E-state index contributed by atoms with van der Waals surface area (Å²) in [4.78, 5) is 2.48. The molecule has 0 aromatic carbocycles. The van der Waals surface area contributed by atoms with Crippen molar-refractivity contribution in [1.82, 2.24) is 4.90 Å². The minimum Gasteiger partial charge on any atom is -0.390 e. The fourth-order valence-electron chi connectivity index (χ4n) is 2.86. The Hall–Kier alpha value is -0.420. The van der Waals surface area contributed by atoms with E-state index < -0.39 is 0 Å². The number of rotatable bonds is 3. The quantitative estimate of drug-likeness (QED) is 0.886. The lowest BCUT2D eigenvalue weighted by atomic mass is 10.0. The van der Waals surface area contributed by atoms with Crippen LogP contribution in [-0.4, -0.2) is 48.0 Å². The van der Waals surface area contributed by atoms with Crippen molar-refractivity contribution in [2.75, 3.05) is 19.7 Å². The molecular weight excluding hydrogens is 234 g/mol. The van der Waals surface area contributed by atoms with E-state index in [2.05, 4.69) is 21.7 Å². The molecule has 0 bridgehead atoms. The van der Waals surface area contributed by atoms with Crippen LogP contribution in [0.4, 0.5) is 0 Å². The molecule has 2 fully saturated rings. The van der Waals surface area contributed by atoms with Gasteiger partial charge in [0.25, 0.3) is 0 Å². The Morgan fingerprint density at radius 1 is 1.59 bits per heavy atom. The van der Waals surface area contributed by atoms with E-state index >= 15 is 0 Å². The molecule has 94 valence electrons. The smallest absolute Gasteiger partial charge is 0.0964 e. The first-order valence-corrected chi connectivity index (χ1v) is 7.32. The zero-order valence-electron chi connectivity index (χ0n) is 9.92. The average molecular weight is 253 g/mol. The van der Waals surface area contributed by atoms with Crippen LogP contribution < -0.4 is 0 Å². The van der Waals surface area contributed by atoms with Gasteiger partial charge in [0.05, 0.1) is 18.8 Å². The fraction of sp³-hybridized carbons (Fsp3) is 0.692.